The minimum Gasteiger partial charge on any atom is -0.369 e. The van der Waals surface area contributed by atoms with Gasteiger partial charge in [0.25, 0.3) is 0 Å². The molecular weight excluding hydrogens is 356 g/mol. The third-order valence-corrected chi connectivity index (χ3v) is 4.29. The van der Waals surface area contributed by atoms with Gasteiger partial charge in [-0.2, -0.15) is 5.10 Å². The normalized spacial score (nSPS) is 11.4. The average molecular weight is 376 g/mol. The Bertz CT molecular complexity index is 1100. The van der Waals surface area contributed by atoms with Crippen LogP contribution in [0.1, 0.15) is 38.9 Å². The summed E-state index contributed by atoms with van der Waals surface area (Å²) < 4.78 is 0. The van der Waals surface area contributed by atoms with Gasteiger partial charge < -0.3 is 16.5 Å². The molecule has 1 amide bonds. The van der Waals surface area contributed by atoms with Gasteiger partial charge in [0, 0.05) is 22.9 Å². The van der Waals surface area contributed by atoms with Crippen LogP contribution < -0.4 is 16.9 Å². The van der Waals surface area contributed by atoms with Gasteiger partial charge in [-0.25, -0.2) is 5.43 Å². The van der Waals surface area contributed by atoms with E-state index in [4.69, 9.17) is 16.9 Å². The molecule has 0 unspecified atom stereocenters. The van der Waals surface area contributed by atoms with Crippen molar-refractivity contribution < 1.29 is 9.59 Å². The molecule has 0 spiro atoms. The molecule has 0 aliphatic rings. The zero-order valence-corrected chi connectivity index (χ0v) is 15.2. The van der Waals surface area contributed by atoms with E-state index in [9.17, 15) is 9.59 Å². The Hall–Kier alpha value is -3.94. The molecule has 3 aromatic rings. The zero-order valence-electron chi connectivity index (χ0n) is 15.2. The van der Waals surface area contributed by atoms with Gasteiger partial charge in [0.05, 0.1) is 11.4 Å². The maximum absolute atomic E-state index is 12.6. The second-order valence-electron chi connectivity index (χ2n) is 6.37. The van der Waals surface area contributed by atoms with E-state index in [1.807, 2.05) is 24.3 Å². The lowest BCUT2D eigenvalue weighted by molar-refractivity contribution is 0.0985. The number of nitrogens with zero attached hydrogens (tertiary/aromatic N) is 1. The first kappa shape index (κ1) is 18.8. The third kappa shape index (κ3) is 4.24. The number of H-pyrrole nitrogens is 1. The molecule has 1 heterocycles. The van der Waals surface area contributed by atoms with E-state index in [1.54, 1.807) is 31.2 Å². The van der Waals surface area contributed by atoms with Gasteiger partial charge in [0.15, 0.2) is 5.78 Å². The van der Waals surface area contributed by atoms with Crippen LogP contribution in [0.25, 0.3) is 10.9 Å². The van der Waals surface area contributed by atoms with Crippen molar-refractivity contribution in [1.82, 2.24) is 10.4 Å². The number of fused-ring (bicyclic) bond motifs is 1. The van der Waals surface area contributed by atoms with Crippen LogP contribution in [0.5, 0.6) is 0 Å². The molecule has 8 heteroatoms. The zero-order chi connectivity index (χ0) is 20.3. The molecule has 0 atom stereocenters. The number of guanidine groups is 1. The monoisotopic (exact) mass is 376 g/mol. The smallest absolute Gasteiger partial charge is 0.248 e. The van der Waals surface area contributed by atoms with Crippen molar-refractivity contribution in [3.8, 4) is 0 Å². The molecule has 0 aliphatic carbocycles. The van der Waals surface area contributed by atoms with E-state index in [-0.39, 0.29) is 18.2 Å². The Morgan fingerprint density at radius 3 is 2.39 bits per heavy atom. The average Bonchev–Trinajstić information content (AvgIpc) is 3.10. The van der Waals surface area contributed by atoms with Crippen LogP contribution in [-0.2, 0) is 6.42 Å². The van der Waals surface area contributed by atoms with Crippen LogP contribution in [0.3, 0.4) is 0 Å². The molecule has 7 N–H and O–H groups in total. The largest absolute Gasteiger partial charge is 0.369 e. The molecule has 3 rings (SSSR count). The highest BCUT2D eigenvalue weighted by Crippen LogP contribution is 2.19. The van der Waals surface area contributed by atoms with Crippen LogP contribution in [0, 0.1) is 5.41 Å². The number of nitrogens with two attached hydrogens (primary N) is 2. The maximum Gasteiger partial charge on any atom is 0.248 e. The molecule has 142 valence electrons. The van der Waals surface area contributed by atoms with E-state index < -0.39 is 5.91 Å². The second kappa shape index (κ2) is 7.75. The third-order valence-electron chi connectivity index (χ3n) is 4.29. The minimum atomic E-state index is -0.506. The van der Waals surface area contributed by atoms with Crippen molar-refractivity contribution >= 4 is 34.3 Å². The fourth-order valence-corrected chi connectivity index (χ4v) is 2.79. The van der Waals surface area contributed by atoms with Crippen molar-refractivity contribution in [2.45, 2.75) is 13.3 Å². The van der Waals surface area contributed by atoms with Crippen molar-refractivity contribution in [2.75, 3.05) is 0 Å². The summed E-state index contributed by atoms with van der Waals surface area (Å²) in [4.78, 5) is 27.0. The quantitative estimate of drug-likeness (QED) is 0.193. The number of nitrogens with one attached hydrogen (secondary N) is 3. The molecule has 2 aromatic carbocycles. The van der Waals surface area contributed by atoms with Crippen LogP contribution >= 0.6 is 0 Å². The SMILES string of the molecule is C/C(=N\NC(=N)N)c1ccc(CC(=O)c2cc3cc(C(N)=O)ccc3[nH]2)cc1. The van der Waals surface area contributed by atoms with Gasteiger partial charge >= 0.3 is 0 Å². The summed E-state index contributed by atoms with van der Waals surface area (Å²) in [5.41, 5.74) is 16.9. The van der Waals surface area contributed by atoms with Crippen molar-refractivity contribution in [3.63, 3.8) is 0 Å². The number of aromatic amines is 1. The second-order valence-corrected chi connectivity index (χ2v) is 6.37. The lowest BCUT2D eigenvalue weighted by Crippen LogP contribution is -2.26. The molecule has 0 aliphatic heterocycles. The van der Waals surface area contributed by atoms with E-state index in [0.29, 0.717) is 17.0 Å². The van der Waals surface area contributed by atoms with E-state index in [2.05, 4.69) is 15.5 Å². The number of hydrogen-bond donors (Lipinski definition) is 5. The van der Waals surface area contributed by atoms with Crippen LogP contribution in [0.15, 0.2) is 53.6 Å². The van der Waals surface area contributed by atoms with Crippen molar-refractivity contribution in [2.24, 2.45) is 16.6 Å². The number of primary amides is 1. The summed E-state index contributed by atoms with van der Waals surface area (Å²) in [7, 11) is 0. The highest BCUT2D eigenvalue weighted by atomic mass is 16.1. The van der Waals surface area contributed by atoms with Crippen molar-refractivity contribution in [3.05, 3.63) is 70.9 Å². The van der Waals surface area contributed by atoms with Crippen LogP contribution in [0.4, 0.5) is 0 Å². The summed E-state index contributed by atoms with van der Waals surface area (Å²) in [5, 5.41) is 11.9. The Kier molecular flexibility index (Phi) is 5.21. The Morgan fingerprint density at radius 2 is 1.75 bits per heavy atom. The summed E-state index contributed by atoms with van der Waals surface area (Å²) >= 11 is 0. The molecule has 28 heavy (non-hydrogen) atoms. The Morgan fingerprint density at radius 1 is 1.07 bits per heavy atom. The standard InChI is InChI=1S/C20H20N6O2/c1-11(25-26-20(22)23)13-4-2-12(3-5-13)8-18(27)17-10-15-9-14(19(21)28)6-7-16(15)24-17/h2-7,9-10,24H,8H2,1H3,(H2,21,28)(H4,22,23,26)/b25-11+. The lowest BCUT2D eigenvalue weighted by Gasteiger charge is -2.04. The molecule has 0 fully saturated rings. The van der Waals surface area contributed by atoms with E-state index in [1.165, 1.54) is 0 Å². The first-order valence-corrected chi connectivity index (χ1v) is 8.53. The summed E-state index contributed by atoms with van der Waals surface area (Å²) in [6.45, 7) is 1.79. The van der Waals surface area contributed by atoms with E-state index >= 15 is 0 Å². The van der Waals surface area contributed by atoms with Gasteiger partial charge in [-0.3, -0.25) is 15.0 Å². The number of ketones is 1. The fraction of sp³-hybridized carbons (Fsp3) is 0.100. The molecule has 8 nitrogen and oxygen atoms in total. The lowest BCUT2D eigenvalue weighted by atomic mass is 10.0. The number of aromatic nitrogens is 1. The predicted octanol–water partition coefficient (Wildman–Crippen LogP) is 1.90. The predicted molar refractivity (Wildman–Crippen MR) is 109 cm³/mol. The Balaban J connectivity index is 1.74. The molecule has 0 saturated heterocycles. The number of hydrazone groups is 1. The number of carbonyl (C=O) groups is 2. The Labute approximate surface area is 161 Å². The highest BCUT2D eigenvalue weighted by molar-refractivity contribution is 6.03. The first-order valence-electron chi connectivity index (χ1n) is 8.53. The summed E-state index contributed by atoms with van der Waals surface area (Å²) in [6.07, 6.45) is 0.234. The number of hydrogen-bond acceptors (Lipinski definition) is 4. The van der Waals surface area contributed by atoms with Gasteiger partial charge in [0.1, 0.15) is 0 Å². The number of carbonyl (C=O) groups excluding carboxylic acids is 2. The number of rotatable bonds is 6. The molecule has 0 bridgehead atoms. The van der Waals surface area contributed by atoms with E-state index in [0.717, 1.165) is 22.0 Å². The molecule has 0 radical (unpaired) electrons. The maximum atomic E-state index is 12.6. The van der Waals surface area contributed by atoms with Crippen LogP contribution in [-0.4, -0.2) is 28.3 Å². The highest BCUT2D eigenvalue weighted by Gasteiger charge is 2.12. The first-order chi connectivity index (χ1) is 13.3. The molecule has 0 saturated carbocycles. The minimum absolute atomic E-state index is 0.0618. The fourth-order valence-electron chi connectivity index (χ4n) is 2.79. The summed E-state index contributed by atoms with van der Waals surface area (Å²) in [5.74, 6) is -0.801. The van der Waals surface area contributed by atoms with Crippen LogP contribution in [0.2, 0.25) is 0 Å². The number of amides is 1. The van der Waals surface area contributed by atoms with Gasteiger partial charge in [0.2, 0.25) is 11.9 Å². The molecule has 1 aromatic heterocycles. The topological polar surface area (TPSA) is 150 Å². The number of benzene rings is 2. The summed E-state index contributed by atoms with van der Waals surface area (Å²) in [6, 6.07) is 14.2. The van der Waals surface area contributed by atoms with Crippen molar-refractivity contribution in [1.29, 1.82) is 5.41 Å². The molecular formula is C20H20N6O2. The van der Waals surface area contributed by atoms with Gasteiger partial charge in [-0.1, -0.05) is 24.3 Å². The van der Waals surface area contributed by atoms with Gasteiger partial charge in [-0.15, -0.1) is 0 Å². The van der Waals surface area contributed by atoms with Gasteiger partial charge in [-0.05, 0) is 42.3 Å². The number of Topliss-reactive ketones (excluding diaryl/α,β-unsaturated/α-hetero) is 1.